The van der Waals surface area contributed by atoms with Crippen LogP contribution in [-0.4, -0.2) is 26.9 Å². The van der Waals surface area contributed by atoms with Crippen LogP contribution in [-0.2, 0) is 4.74 Å². The van der Waals surface area contributed by atoms with Gasteiger partial charge >= 0.3 is 0 Å². The SMILES string of the molecule is COCC(C)Oc1cccc(OC)c1[C@@H](C)N. The molecule has 0 aliphatic heterocycles. The minimum atomic E-state index is -0.143. The van der Waals surface area contributed by atoms with Gasteiger partial charge in [0.25, 0.3) is 0 Å². The molecule has 1 aromatic rings. The molecule has 0 saturated carbocycles. The molecule has 96 valence electrons. The highest BCUT2D eigenvalue weighted by molar-refractivity contribution is 5.46. The molecule has 0 aliphatic carbocycles. The smallest absolute Gasteiger partial charge is 0.128 e. The summed E-state index contributed by atoms with van der Waals surface area (Å²) in [6, 6.07) is 5.52. The van der Waals surface area contributed by atoms with Crippen molar-refractivity contribution >= 4 is 0 Å². The molecule has 2 N–H and O–H groups in total. The number of hydrogen-bond acceptors (Lipinski definition) is 4. The summed E-state index contributed by atoms with van der Waals surface area (Å²) in [6.45, 7) is 4.40. The Morgan fingerprint density at radius 2 is 1.82 bits per heavy atom. The normalized spacial score (nSPS) is 14.2. The quantitative estimate of drug-likeness (QED) is 0.826. The zero-order chi connectivity index (χ0) is 12.8. The van der Waals surface area contributed by atoms with Crippen molar-refractivity contribution in [3.63, 3.8) is 0 Å². The third-order valence-electron chi connectivity index (χ3n) is 2.43. The van der Waals surface area contributed by atoms with E-state index in [1.165, 1.54) is 0 Å². The van der Waals surface area contributed by atoms with E-state index >= 15 is 0 Å². The molecule has 0 fully saturated rings. The van der Waals surface area contributed by atoms with E-state index in [0.29, 0.717) is 6.61 Å². The van der Waals surface area contributed by atoms with E-state index in [4.69, 9.17) is 19.9 Å². The fraction of sp³-hybridized carbons (Fsp3) is 0.538. The molecular formula is C13H21NO3. The van der Waals surface area contributed by atoms with Crippen molar-refractivity contribution in [1.82, 2.24) is 0 Å². The molecule has 4 nitrogen and oxygen atoms in total. The lowest BCUT2D eigenvalue weighted by molar-refractivity contribution is 0.0910. The fourth-order valence-corrected chi connectivity index (χ4v) is 1.74. The van der Waals surface area contributed by atoms with Crippen LogP contribution in [0.3, 0.4) is 0 Å². The van der Waals surface area contributed by atoms with Crippen molar-refractivity contribution in [2.45, 2.75) is 26.0 Å². The van der Waals surface area contributed by atoms with Crippen LogP contribution < -0.4 is 15.2 Å². The van der Waals surface area contributed by atoms with Crippen LogP contribution in [0.1, 0.15) is 25.5 Å². The Labute approximate surface area is 103 Å². The summed E-state index contributed by atoms with van der Waals surface area (Å²) in [7, 11) is 3.28. The average molecular weight is 239 g/mol. The van der Waals surface area contributed by atoms with E-state index in [9.17, 15) is 0 Å². The first-order valence-corrected chi connectivity index (χ1v) is 5.68. The van der Waals surface area contributed by atoms with E-state index in [0.717, 1.165) is 17.1 Å². The second-order valence-corrected chi connectivity index (χ2v) is 4.04. The molecule has 1 aromatic carbocycles. The van der Waals surface area contributed by atoms with Gasteiger partial charge in [-0.15, -0.1) is 0 Å². The van der Waals surface area contributed by atoms with Crippen LogP contribution in [0.25, 0.3) is 0 Å². The first kappa shape index (κ1) is 13.8. The summed E-state index contributed by atoms with van der Waals surface area (Å²) in [4.78, 5) is 0. The second-order valence-electron chi connectivity index (χ2n) is 4.04. The van der Waals surface area contributed by atoms with Crippen LogP contribution in [0.5, 0.6) is 11.5 Å². The summed E-state index contributed by atoms with van der Waals surface area (Å²) >= 11 is 0. The Bertz CT molecular complexity index is 353. The van der Waals surface area contributed by atoms with E-state index < -0.39 is 0 Å². The third kappa shape index (κ3) is 3.61. The summed E-state index contributed by atoms with van der Waals surface area (Å²) < 4.78 is 16.1. The number of nitrogens with two attached hydrogens (primary N) is 1. The number of benzene rings is 1. The molecule has 4 heteroatoms. The van der Waals surface area contributed by atoms with Crippen molar-refractivity contribution in [3.8, 4) is 11.5 Å². The zero-order valence-electron chi connectivity index (χ0n) is 10.9. The second kappa shape index (κ2) is 6.47. The lowest BCUT2D eigenvalue weighted by Crippen LogP contribution is -2.20. The maximum Gasteiger partial charge on any atom is 0.128 e. The van der Waals surface area contributed by atoms with Crippen molar-refractivity contribution < 1.29 is 14.2 Å². The molecule has 1 unspecified atom stereocenters. The van der Waals surface area contributed by atoms with Gasteiger partial charge in [0.15, 0.2) is 0 Å². The number of rotatable bonds is 6. The number of methoxy groups -OCH3 is 2. The molecule has 0 amide bonds. The summed E-state index contributed by atoms with van der Waals surface area (Å²) in [5.74, 6) is 1.51. The van der Waals surface area contributed by atoms with Crippen LogP contribution in [0.4, 0.5) is 0 Å². The van der Waals surface area contributed by atoms with Crippen molar-refractivity contribution in [2.75, 3.05) is 20.8 Å². The topological polar surface area (TPSA) is 53.7 Å². The monoisotopic (exact) mass is 239 g/mol. The molecule has 1 rings (SSSR count). The lowest BCUT2D eigenvalue weighted by Gasteiger charge is -2.20. The molecule has 2 atom stereocenters. The van der Waals surface area contributed by atoms with Crippen molar-refractivity contribution in [2.24, 2.45) is 5.73 Å². The van der Waals surface area contributed by atoms with Gasteiger partial charge in [0, 0.05) is 13.2 Å². The van der Waals surface area contributed by atoms with Crippen molar-refractivity contribution in [1.29, 1.82) is 0 Å². The largest absolute Gasteiger partial charge is 0.496 e. The van der Waals surface area contributed by atoms with Gasteiger partial charge in [-0.25, -0.2) is 0 Å². The highest BCUT2D eigenvalue weighted by atomic mass is 16.5. The van der Waals surface area contributed by atoms with Gasteiger partial charge in [-0.2, -0.15) is 0 Å². The van der Waals surface area contributed by atoms with E-state index in [-0.39, 0.29) is 12.1 Å². The fourth-order valence-electron chi connectivity index (χ4n) is 1.74. The number of hydrogen-bond donors (Lipinski definition) is 1. The van der Waals surface area contributed by atoms with Crippen LogP contribution >= 0.6 is 0 Å². The Morgan fingerprint density at radius 1 is 1.18 bits per heavy atom. The average Bonchev–Trinajstić information content (AvgIpc) is 2.28. The summed E-state index contributed by atoms with van der Waals surface area (Å²) in [6.07, 6.45) is -0.0235. The van der Waals surface area contributed by atoms with Gasteiger partial charge in [0.2, 0.25) is 0 Å². The minimum Gasteiger partial charge on any atom is -0.496 e. The highest BCUT2D eigenvalue weighted by Gasteiger charge is 2.16. The standard InChI is InChI=1S/C13H21NO3/c1-9(8-15-3)17-12-7-5-6-11(16-4)13(12)10(2)14/h5-7,9-10H,8,14H2,1-4H3/t9?,10-/m1/s1. The molecular weight excluding hydrogens is 218 g/mol. The predicted molar refractivity (Wildman–Crippen MR) is 67.6 cm³/mol. The van der Waals surface area contributed by atoms with Gasteiger partial charge in [-0.1, -0.05) is 6.07 Å². The lowest BCUT2D eigenvalue weighted by atomic mass is 10.1. The molecule has 0 aromatic heterocycles. The molecule has 17 heavy (non-hydrogen) atoms. The van der Waals surface area contributed by atoms with Crippen LogP contribution in [0, 0.1) is 0 Å². The van der Waals surface area contributed by atoms with Crippen LogP contribution in [0.15, 0.2) is 18.2 Å². The summed E-state index contributed by atoms with van der Waals surface area (Å²) in [5.41, 5.74) is 6.84. The Balaban J connectivity index is 2.97. The molecule has 0 radical (unpaired) electrons. The highest BCUT2D eigenvalue weighted by Crippen LogP contribution is 2.33. The van der Waals surface area contributed by atoms with Gasteiger partial charge < -0.3 is 19.9 Å². The van der Waals surface area contributed by atoms with E-state index in [1.807, 2.05) is 32.0 Å². The van der Waals surface area contributed by atoms with Gasteiger partial charge in [-0.05, 0) is 26.0 Å². The Kier molecular flexibility index (Phi) is 5.25. The van der Waals surface area contributed by atoms with E-state index in [2.05, 4.69) is 0 Å². The van der Waals surface area contributed by atoms with E-state index in [1.54, 1.807) is 14.2 Å². The van der Waals surface area contributed by atoms with Gasteiger partial charge in [-0.3, -0.25) is 0 Å². The first-order valence-electron chi connectivity index (χ1n) is 5.68. The molecule has 0 aliphatic rings. The maximum atomic E-state index is 5.95. The van der Waals surface area contributed by atoms with Gasteiger partial charge in [0.1, 0.15) is 17.6 Å². The number of ether oxygens (including phenoxy) is 3. The maximum absolute atomic E-state index is 5.95. The summed E-state index contributed by atoms with van der Waals surface area (Å²) in [5, 5.41) is 0. The first-order chi connectivity index (χ1) is 8.10. The van der Waals surface area contributed by atoms with Crippen molar-refractivity contribution in [3.05, 3.63) is 23.8 Å². The Hall–Kier alpha value is -1.26. The molecule has 0 bridgehead atoms. The molecule has 0 spiro atoms. The minimum absolute atomic E-state index is 0.0235. The third-order valence-corrected chi connectivity index (χ3v) is 2.43. The zero-order valence-corrected chi connectivity index (χ0v) is 10.9. The Morgan fingerprint density at radius 3 is 2.35 bits per heavy atom. The van der Waals surface area contributed by atoms with Crippen LogP contribution in [0.2, 0.25) is 0 Å². The van der Waals surface area contributed by atoms with Gasteiger partial charge in [0.05, 0.1) is 19.3 Å². The molecule has 0 saturated heterocycles. The predicted octanol–water partition coefficient (Wildman–Crippen LogP) is 2.13. The molecule has 0 heterocycles.